The highest BCUT2D eigenvalue weighted by molar-refractivity contribution is 7.99. The highest BCUT2D eigenvalue weighted by Crippen LogP contribution is 2.49. The summed E-state index contributed by atoms with van der Waals surface area (Å²) in [5.74, 6) is 1.68. The quantitative estimate of drug-likeness (QED) is 0.614. The number of aliphatic imine (C=N–C) groups is 1. The molecule has 1 aliphatic heterocycles. The second kappa shape index (κ2) is 7.98. The van der Waals surface area contributed by atoms with Crippen LogP contribution in [-0.4, -0.2) is 25.0 Å². The summed E-state index contributed by atoms with van der Waals surface area (Å²) in [4.78, 5) is 6.01. The van der Waals surface area contributed by atoms with Crippen molar-refractivity contribution >= 4 is 23.2 Å². The number of hydrogen-bond donors (Lipinski definition) is 1. The number of aromatic hydroxyl groups is 1. The van der Waals surface area contributed by atoms with Crippen LogP contribution < -0.4 is 9.47 Å². The van der Waals surface area contributed by atoms with Gasteiger partial charge in [-0.3, -0.25) is 4.99 Å². The number of thioether (sulfide) groups is 1. The first kappa shape index (κ1) is 18.4. The highest BCUT2D eigenvalue weighted by Gasteiger charge is 2.27. The Morgan fingerprint density at radius 3 is 2.50 bits per heavy atom. The number of hydrogen-bond acceptors (Lipinski definition) is 5. The first-order valence-electron chi connectivity index (χ1n) is 9.03. The summed E-state index contributed by atoms with van der Waals surface area (Å²) in [5, 5.41) is 10.5. The van der Waals surface area contributed by atoms with Crippen LogP contribution in [-0.2, 0) is 0 Å². The van der Waals surface area contributed by atoms with Crippen LogP contribution in [0.3, 0.4) is 0 Å². The van der Waals surface area contributed by atoms with Crippen LogP contribution >= 0.6 is 11.8 Å². The smallest absolute Gasteiger partial charge is 0.165 e. The van der Waals surface area contributed by atoms with Gasteiger partial charge in [0.15, 0.2) is 11.5 Å². The third-order valence-electron chi connectivity index (χ3n) is 4.76. The van der Waals surface area contributed by atoms with E-state index in [-0.39, 0.29) is 11.0 Å². The number of para-hydroxylation sites is 3. The van der Waals surface area contributed by atoms with Gasteiger partial charge < -0.3 is 14.6 Å². The fraction of sp³-hybridized carbons (Fsp3) is 0.174. The second-order valence-electron chi connectivity index (χ2n) is 6.44. The van der Waals surface area contributed by atoms with E-state index in [1.54, 1.807) is 32.0 Å². The first-order chi connectivity index (χ1) is 13.7. The first-order valence-corrected chi connectivity index (χ1v) is 9.91. The number of methoxy groups -OCH3 is 2. The Labute approximate surface area is 168 Å². The van der Waals surface area contributed by atoms with Gasteiger partial charge in [0, 0.05) is 27.7 Å². The van der Waals surface area contributed by atoms with E-state index in [1.807, 2.05) is 48.5 Å². The van der Waals surface area contributed by atoms with Crippen LogP contribution in [0, 0.1) is 0 Å². The zero-order valence-electron chi connectivity index (χ0n) is 15.8. The minimum absolute atomic E-state index is 0.0621. The minimum atomic E-state index is 0.0621. The summed E-state index contributed by atoms with van der Waals surface area (Å²) < 4.78 is 11.2. The third-order valence-corrected chi connectivity index (χ3v) is 6.07. The molecule has 0 aliphatic carbocycles. The van der Waals surface area contributed by atoms with Crippen LogP contribution in [0.2, 0.25) is 0 Å². The van der Waals surface area contributed by atoms with Gasteiger partial charge in [0.1, 0.15) is 5.75 Å². The Kier molecular flexibility index (Phi) is 5.26. The fourth-order valence-electron chi connectivity index (χ4n) is 3.44. The molecule has 3 aromatic rings. The van der Waals surface area contributed by atoms with Gasteiger partial charge >= 0.3 is 0 Å². The molecule has 142 valence electrons. The number of nitrogens with zero attached hydrogens (tertiary/aromatic N) is 1. The maximum absolute atomic E-state index is 10.4. The van der Waals surface area contributed by atoms with E-state index in [0.29, 0.717) is 12.2 Å². The molecule has 0 fully saturated rings. The Bertz CT molecular complexity index is 1030. The topological polar surface area (TPSA) is 51.0 Å². The van der Waals surface area contributed by atoms with Gasteiger partial charge in [-0.1, -0.05) is 36.4 Å². The van der Waals surface area contributed by atoms with Crippen LogP contribution in [0.15, 0.2) is 76.6 Å². The van der Waals surface area contributed by atoms with Gasteiger partial charge in [-0.25, -0.2) is 0 Å². The predicted molar refractivity (Wildman–Crippen MR) is 114 cm³/mol. The fourth-order valence-corrected chi connectivity index (χ4v) is 4.69. The van der Waals surface area contributed by atoms with Gasteiger partial charge in [-0.05, 0) is 30.3 Å². The molecule has 1 aliphatic rings. The zero-order valence-corrected chi connectivity index (χ0v) is 16.6. The van der Waals surface area contributed by atoms with E-state index in [4.69, 9.17) is 14.5 Å². The SMILES string of the molecule is COc1cccc([C@H]2CC(c3ccccc3O)=Nc3ccccc3S2)c1OC. The molecule has 1 N–H and O–H groups in total. The molecule has 0 saturated carbocycles. The summed E-state index contributed by atoms with van der Waals surface area (Å²) in [7, 11) is 3.31. The molecule has 0 aromatic heterocycles. The maximum Gasteiger partial charge on any atom is 0.165 e. The van der Waals surface area contributed by atoms with Gasteiger partial charge in [-0.15, -0.1) is 11.8 Å². The number of phenolic OH excluding ortho intramolecular Hbond substituents is 1. The largest absolute Gasteiger partial charge is 0.507 e. The summed E-state index contributed by atoms with van der Waals surface area (Å²) in [6.07, 6.45) is 0.653. The van der Waals surface area contributed by atoms with Crippen molar-refractivity contribution in [3.05, 3.63) is 77.9 Å². The van der Waals surface area contributed by atoms with Crippen molar-refractivity contribution in [1.29, 1.82) is 0 Å². The summed E-state index contributed by atoms with van der Waals surface area (Å²) in [6.45, 7) is 0. The van der Waals surface area contributed by atoms with Crippen LogP contribution in [0.4, 0.5) is 5.69 Å². The van der Waals surface area contributed by atoms with Gasteiger partial charge in [0.25, 0.3) is 0 Å². The molecular weight excluding hydrogens is 370 g/mol. The Balaban J connectivity index is 1.86. The van der Waals surface area contributed by atoms with Gasteiger partial charge in [0.05, 0.1) is 25.6 Å². The summed E-state index contributed by atoms with van der Waals surface area (Å²) in [5.41, 5.74) is 3.57. The monoisotopic (exact) mass is 391 g/mol. The lowest BCUT2D eigenvalue weighted by molar-refractivity contribution is 0.351. The number of ether oxygens (including phenoxy) is 2. The van der Waals surface area contributed by atoms with E-state index >= 15 is 0 Å². The second-order valence-corrected chi connectivity index (χ2v) is 7.68. The molecular formula is C23H21NO3S. The molecule has 28 heavy (non-hydrogen) atoms. The number of benzene rings is 3. The van der Waals surface area contributed by atoms with E-state index in [0.717, 1.165) is 33.2 Å². The Morgan fingerprint density at radius 2 is 1.71 bits per heavy atom. The highest BCUT2D eigenvalue weighted by atomic mass is 32.2. The van der Waals surface area contributed by atoms with E-state index in [1.165, 1.54) is 0 Å². The van der Waals surface area contributed by atoms with Crippen molar-refractivity contribution in [1.82, 2.24) is 0 Å². The molecule has 5 heteroatoms. The summed E-state index contributed by atoms with van der Waals surface area (Å²) in [6, 6.07) is 21.4. The Morgan fingerprint density at radius 1 is 0.929 bits per heavy atom. The predicted octanol–water partition coefficient (Wildman–Crippen LogP) is 5.77. The third kappa shape index (κ3) is 3.45. The van der Waals surface area contributed by atoms with E-state index in [9.17, 15) is 5.11 Å². The van der Waals surface area contributed by atoms with Crippen molar-refractivity contribution in [2.24, 2.45) is 4.99 Å². The van der Waals surface area contributed by atoms with Crippen molar-refractivity contribution in [2.75, 3.05) is 14.2 Å². The molecule has 3 aromatic carbocycles. The lowest BCUT2D eigenvalue weighted by atomic mass is 9.99. The van der Waals surface area contributed by atoms with Crippen LogP contribution in [0.5, 0.6) is 17.2 Å². The zero-order chi connectivity index (χ0) is 19.5. The molecule has 0 amide bonds. The number of rotatable bonds is 4. The van der Waals surface area contributed by atoms with Gasteiger partial charge in [-0.2, -0.15) is 0 Å². The molecule has 0 radical (unpaired) electrons. The molecule has 0 spiro atoms. The lowest BCUT2D eigenvalue weighted by Crippen LogP contribution is -2.07. The molecule has 4 rings (SSSR count). The molecule has 1 atom stereocenters. The normalized spacial score (nSPS) is 15.9. The number of fused-ring (bicyclic) bond motifs is 1. The van der Waals surface area contributed by atoms with Crippen molar-refractivity contribution in [3.63, 3.8) is 0 Å². The van der Waals surface area contributed by atoms with Crippen molar-refractivity contribution < 1.29 is 14.6 Å². The average Bonchev–Trinajstić information content (AvgIpc) is 2.93. The van der Waals surface area contributed by atoms with Crippen molar-refractivity contribution in [3.8, 4) is 17.2 Å². The molecule has 0 unspecified atom stereocenters. The molecule has 0 bridgehead atoms. The Hall–Kier alpha value is -2.92. The average molecular weight is 391 g/mol. The molecule has 4 nitrogen and oxygen atoms in total. The van der Waals surface area contributed by atoms with Crippen LogP contribution in [0.1, 0.15) is 22.8 Å². The van der Waals surface area contributed by atoms with Crippen LogP contribution in [0.25, 0.3) is 0 Å². The summed E-state index contributed by atoms with van der Waals surface area (Å²) >= 11 is 1.75. The van der Waals surface area contributed by atoms with Crippen molar-refractivity contribution in [2.45, 2.75) is 16.6 Å². The number of phenols is 1. The maximum atomic E-state index is 10.4. The van der Waals surface area contributed by atoms with E-state index < -0.39 is 0 Å². The standard InChI is InChI=1S/C23H21NO3S/c1-26-20-12-7-9-16(23(20)27-2)22-14-18(15-8-3-5-11-19(15)25)24-17-10-4-6-13-21(17)28-22/h3-13,22,25H,14H2,1-2H3/t22-/m1/s1. The molecule has 0 saturated heterocycles. The lowest BCUT2D eigenvalue weighted by Gasteiger charge is -2.20. The van der Waals surface area contributed by atoms with Gasteiger partial charge in [0.2, 0.25) is 0 Å². The van der Waals surface area contributed by atoms with E-state index in [2.05, 4.69) is 12.1 Å². The molecule has 1 heterocycles. The minimum Gasteiger partial charge on any atom is -0.507 e.